The van der Waals surface area contributed by atoms with Crippen molar-refractivity contribution in [2.75, 3.05) is 5.88 Å². The Bertz CT molecular complexity index is 468. The molecular formula is C11H10ClN3O2. The number of alkyl halides is 1. The van der Waals surface area contributed by atoms with E-state index in [0.717, 1.165) is 5.56 Å². The molecule has 0 fully saturated rings. The van der Waals surface area contributed by atoms with E-state index in [0.29, 0.717) is 5.56 Å². The summed E-state index contributed by atoms with van der Waals surface area (Å²) in [5, 5.41) is 13.2. The van der Waals surface area contributed by atoms with E-state index in [2.05, 4.69) is 5.32 Å². The van der Waals surface area contributed by atoms with E-state index in [1.807, 2.05) is 11.4 Å². The topological polar surface area (TPSA) is 82.0 Å². The van der Waals surface area contributed by atoms with Gasteiger partial charge in [0.05, 0.1) is 11.6 Å². The van der Waals surface area contributed by atoms with Crippen LogP contribution in [0.2, 0.25) is 0 Å². The highest BCUT2D eigenvalue weighted by Gasteiger charge is 2.05. The fraction of sp³-hybridized carbons (Fsp3) is 0.182. The maximum atomic E-state index is 11.2. The van der Waals surface area contributed by atoms with Crippen molar-refractivity contribution in [2.45, 2.75) is 6.54 Å². The molecule has 0 bridgehead atoms. The maximum Gasteiger partial charge on any atom is 0.321 e. The predicted molar refractivity (Wildman–Crippen MR) is 62.3 cm³/mol. The third-order valence-corrected chi connectivity index (χ3v) is 2.13. The van der Waals surface area contributed by atoms with E-state index in [1.54, 1.807) is 24.3 Å². The number of urea groups is 1. The van der Waals surface area contributed by atoms with E-state index < -0.39 is 11.9 Å². The number of carbonyl (C=O) groups excluding carboxylic acids is 2. The number of hydrogen-bond donors (Lipinski definition) is 2. The van der Waals surface area contributed by atoms with Gasteiger partial charge in [-0.2, -0.15) is 5.26 Å². The largest absolute Gasteiger partial charge is 0.334 e. The lowest BCUT2D eigenvalue weighted by Crippen LogP contribution is -2.39. The van der Waals surface area contributed by atoms with Gasteiger partial charge in [-0.1, -0.05) is 12.1 Å². The Morgan fingerprint density at radius 1 is 1.41 bits per heavy atom. The number of hydrogen-bond acceptors (Lipinski definition) is 3. The summed E-state index contributed by atoms with van der Waals surface area (Å²) in [5.74, 6) is -0.827. The van der Waals surface area contributed by atoms with E-state index in [1.165, 1.54) is 0 Å². The number of halogens is 1. The van der Waals surface area contributed by atoms with Crippen LogP contribution in [0.1, 0.15) is 11.1 Å². The Labute approximate surface area is 103 Å². The van der Waals surface area contributed by atoms with Gasteiger partial charge in [0.2, 0.25) is 5.91 Å². The third kappa shape index (κ3) is 4.53. The lowest BCUT2D eigenvalue weighted by Gasteiger charge is -2.05. The summed E-state index contributed by atoms with van der Waals surface area (Å²) in [5.41, 5.74) is 1.29. The first-order chi connectivity index (χ1) is 8.15. The summed E-state index contributed by atoms with van der Waals surface area (Å²) in [6.45, 7) is 0.233. The zero-order valence-corrected chi connectivity index (χ0v) is 9.62. The predicted octanol–water partition coefficient (Wildman–Crippen LogP) is 1.12. The Balaban J connectivity index is 2.47. The van der Waals surface area contributed by atoms with Crippen molar-refractivity contribution >= 4 is 23.5 Å². The molecule has 1 aromatic carbocycles. The van der Waals surface area contributed by atoms with Gasteiger partial charge in [-0.15, -0.1) is 11.6 Å². The highest BCUT2D eigenvalue weighted by atomic mass is 35.5. The second kappa shape index (κ2) is 6.51. The molecular weight excluding hydrogens is 242 g/mol. The zero-order valence-electron chi connectivity index (χ0n) is 8.87. The molecule has 0 atom stereocenters. The lowest BCUT2D eigenvalue weighted by molar-refractivity contribution is -0.117. The third-order valence-electron chi connectivity index (χ3n) is 1.88. The number of benzene rings is 1. The van der Waals surface area contributed by atoms with Crippen molar-refractivity contribution in [1.29, 1.82) is 5.26 Å². The minimum absolute atomic E-state index is 0.233. The van der Waals surface area contributed by atoms with E-state index in [4.69, 9.17) is 16.9 Å². The molecule has 0 radical (unpaired) electrons. The number of nitrogens with zero attached hydrogens (tertiary/aromatic N) is 1. The van der Waals surface area contributed by atoms with Gasteiger partial charge < -0.3 is 5.32 Å². The van der Waals surface area contributed by atoms with Gasteiger partial charge in [0.25, 0.3) is 0 Å². The van der Waals surface area contributed by atoms with Crippen LogP contribution in [0.5, 0.6) is 0 Å². The zero-order chi connectivity index (χ0) is 12.7. The van der Waals surface area contributed by atoms with Gasteiger partial charge in [-0.05, 0) is 17.7 Å². The standard InChI is InChI=1S/C11H10ClN3O2/c12-5-10(16)15-11(17)14-7-9-3-1-2-8(4-9)6-13/h1-4H,5,7H2,(H2,14,15,16,17). The van der Waals surface area contributed by atoms with Crippen LogP contribution in [-0.4, -0.2) is 17.8 Å². The number of rotatable bonds is 3. The molecule has 0 aliphatic carbocycles. The number of imide groups is 1. The number of carbonyl (C=O) groups is 2. The second-order valence-electron chi connectivity index (χ2n) is 3.18. The smallest absolute Gasteiger partial charge is 0.321 e. The van der Waals surface area contributed by atoms with Crippen LogP contribution in [0.25, 0.3) is 0 Å². The van der Waals surface area contributed by atoms with Crippen molar-refractivity contribution in [3.8, 4) is 6.07 Å². The van der Waals surface area contributed by atoms with E-state index in [9.17, 15) is 9.59 Å². The molecule has 0 unspecified atom stereocenters. The van der Waals surface area contributed by atoms with Gasteiger partial charge in [-0.25, -0.2) is 4.79 Å². The summed E-state index contributed by atoms with van der Waals surface area (Å²) in [4.78, 5) is 22.0. The molecule has 6 heteroatoms. The highest BCUT2D eigenvalue weighted by molar-refractivity contribution is 6.28. The monoisotopic (exact) mass is 251 g/mol. The summed E-state index contributed by atoms with van der Waals surface area (Å²) in [6.07, 6.45) is 0. The average molecular weight is 252 g/mol. The van der Waals surface area contributed by atoms with Crippen molar-refractivity contribution in [1.82, 2.24) is 10.6 Å². The number of amides is 3. The van der Waals surface area contributed by atoms with Crippen LogP contribution in [0, 0.1) is 11.3 Å². The van der Waals surface area contributed by atoms with Crippen molar-refractivity contribution in [3.05, 3.63) is 35.4 Å². The van der Waals surface area contributed by atoms with Crippen LogP contribution >= 0.6 is 11.6 Å². The van der Waals surface area contributed by atoms with E-state index >= 15 is 0 Å². The quantitative estimate of drug-likeness (QED) is 0.790. The molecule has 17 heavy (non-hydrogen) atoms. The van der Waals surface area contributed by atoms with Crippen LogP contribution in [0.3, 0.4) is 0 Å². The molecule has 2 N–H and O–H groups in total. The number of nitrogens with one attached hydrogen (secondary N) is 2. The molecule has 0 heterocycles. The summed E-state index contributed by atoms with van der Waals surface area (Å²) in [6, 6.07) is 8.20. The summed E-state index contributed by atoms with van der Waals surface area (Å²) in [7, 11) is 0. The van der Waals surface area contributed by atoms with Crippen LogP contribution < -0.4 is 10.6 Å². The normalized spacial score (nSPS) is 9.18. The minimum atomic E-state index is -0.613. The van der Waals surface area contributed by atoms with Crippen molar-refractivity contribution in [3.63, 3.8) is 0 Å². The maximum absolute atomic E-state index is 11.2. The van der Waals surface area contributed by atoms with Gasteiger partial charge in [0, 0.05) is 6.54 Å². The Morgan fingerprint density at radius 2 is 2.18 bits per heavy atom. The first-order valence-corrected chi connectivity index (χ1v) is 5.32. The number of nitriles is 1. The van der Waals surface area contributed by atoms with Crippen molar-refractivity contribution < 1.29 is 9.59 Å². The van der Waals surface area contributed by atoms with Gasteiger partial charge in [0.15, 0.2) is 0 Å². The fourth-order valence-corrected chi connectivity index (χ4v) is 1.20. The van der Waals surface area contributed by atoms with Crippen molar-refractivity contribution in [2.24, 2.45) is 0 Å². The molecule has 1 rings (SSSR count). The van der Waals surface area contributed by atoms with E-state index in [-0.39, 0.29) is 12.4 Å². The molecule has 5 nitrogen and oxygen atoms in total. The van der Waals surface area contributed by atoms with Gasteiger partial charge in [0.1, 0.15) is 5.88 Å². The summed E-state index contributed by atoms with van der Waals surface area (Å²) >= 11 is 5.22. The first kappa shape index (κ1) is 13.0. The van der Waals surface area contributed by atoms with Gasteiger partial charge in [-0.3, -0.25) is 10.1 Å². The second-order valence-corrected chi connectivity index (χ2v) is 3.44. The lowest BCUT2D eigenvalue weighted by atomic mass is 10.1. The van der Waals surface area contributed by atoms with Gasteiger partial charge >= 0.3 is 6.03 Å². The molecule has 0 saturated carbocycles. The SMILES string of the molecule is N#Cc1cccc(CNC(=O)NC(=O)CCl)c1. The molecule has 0 spiro atoms. The Morgan fingerprint density at radius 3 is 2.82 bits per heavy atom. The Kier molecular flexibility index (Phi) is 4.98. The van der Waals surface area contributed by atoms with Crippen LogP contribution in [-0.2, 0) is 11.3 Å². The summed E-state index contributed by atoms with van der Waals surface area (Å²) < 4.78 is 0. The first-order valence-electron chi connectivity index (χ1n) is 4.78. The molecule has 0 saturated heterocycles. The minimum Gasteiger partial charge on any atom is -0.334 e. The molecule has 0 aliphatic heterocycles. The average Bonchev–Trinajstić information content (AvgIpc) is 2.36. The van der Waals surface area contributed by atoms with Crippen LogP contribution in [0.4, 0.5) is 4.79 Å². The van der Waals surface area contributed by atoms with Crippen LogP contribution in [0.15, 0.2) is 24.3 Å². The Hall–Kier alpha value is -2.06. The molecule has 88 valence electrons. The molecule has 3 amide bonds. The fourth-order valence-electron chi connectivity index (χ4n) is 1.14. The highest BCUT2D eigenvalue weighted by Crippen LogP contribution is 2.03. The molecule has 0 aromatic heterocycles. The molecule has 0 aliphatic rings. The molecule has 1 aromatic rings.